The second-order valence-electron chi connectivity index (χ2n) is 14.6. The third-order valence-corrected chi connectivity index (χ3v) is 9.63. The minimum absolute atomic E-state index is 0.0546. The molecule has 266 valence electrons. The molecule has 0 radical (unpaired) electrons. The number of carbonyl (C=O) groups excluding carboxylic acids is 2. The molecule has 0 saturated carbocycles. The Morgan fingerprint density at radius 3 is 2.48 bits per heavy atom. The van der Waals surface area contributed by atoms with Crippen molar-refractivity contribution in [3.8, 4) is 17.1 Å². The number of fused-ring (bicyclic) bond motifs is 2. The number of likely N-dealkylation sites (tertiary alicyclic amines) is 1. The summed E-state index contributed by atoms with van der Waals surface area (Å²) < 4.78 is 34.8. The molecule has 11 nitrogen and oxygen atoms in total. The molecule has 0 spiro atoms. The van der Waals surface area contributed by atoms with Gasteiger partial charge in [-0.05, 0) is 92.1 Å². The Balaban J connectivity index is 1.41. The zero-order valence-corrected chi connectivity index (χ0v) is 30.9. The largest absolute Gasteiger partial charge is 0.462 e. The number of anilines is 1. The monoisotopic (exact) mass is 724 g/mol. The van der Waals surface area contributed by atoms with E-state index in [-0.39, 0.29) is 28.2 Å². The molecule has 1 fully saturated rings. The third kappa shape index (κ3) is 7.95. The predicted molar refractivity (Wildman–Crippen MR) is 195 cm³/mol. The topological polar surface area (TPSA) is 119 Å². The van der Waals surface area contributed by atoms with Crippen LogP contribution in [0.5, 0.6) is 6.01 Å². The number of aromatic nitrogens is 3. The molecule has 1 N–H and O–H groups in total. The van der Waals surface area contributed by atoms with Crippen LogP contribution in [-0.4, -0.2) is 87.5 Å². The normalized spacial score (nSPS) is 17.3. The first kappa shape index (κ1) is 35.7. The molecule has 6 rings (SSSR count). The number of amides is 2. The van der Waals surface area contributed by atoms with Crippen molar-refractivity contribution in [2.75, 3.05) is 38.6 Å². The standard InChI is InChI=1S/C36H42ClFN6O5S/c1-35(2,3)48-33(45)42-32-41-29-22(11-8-12-25(29)50-32)26-24(37)18-23-28(20-13-16-44(17-14-20)34(46)49-36(4,5)6)39-31(40-30(23)27(26)38)47-19-21-10-9-15-43(21)7/h8,11-13,18,21H,9-10,14-17,19H2,1-7H3,(H,41,42,45)/t21-/m0/s1. The van der Waals surface area contributed by atoms with Crippen LogP contribution >= 0.6 is 22.9 Å². The number of carbonyl (C=O) groups is 2. The Hall–Kier alpha value is -4.07. The summed E-state index contributed by atoms with van der Waals surface area (Å²) in [6, 6.07) is 7.29. The maximum Gasteiger partial charge on any atom is 0.413 e. The lowest BCUT2D eigenvalue weighted by atomic mass is 9.97. The molecule has 0 aliphatic carbocycles. The lowest BCUT2D eigenvalue weighted by molar-refractivity contribution is 0.0270. The molecule has 2 aromatic heterocycles. The number of hydrogen-bond donors (Lipinski definition) is 1. The van der Waals surface area contributed by atoms with Crippen LogP contribution in [0.25, 0.3) is 37.8 Å². The van der Waals surface area contributed by atoms with E-state index in [1.54, 1.807) is 43.9 Å². The van der Waals surface area contributed by atoms with E-state index in [0.717, 1.165) is 29.7 Å². The molecule has 0 bridgehead atoms. The van der Waals surface area contributed by atoms with Crippen LogP contribution in [0.15, 0.2) is 30.3 Å². The van der Waals surface area contributed by atoms with E-state index in [9.17, 15) is 9.59 Å². The number of para-hydroxylation sites is 1. The van der Waals surface area contributed by atoms with Gasteiger partial charge in [0.25, 0.3) is 0 Å². The Morgan fingerprint density at radius 2 is 1.82 bits per heavy atom. The van der Waals surface area contributed by atoms with Crippen molar-refractivity contribution in [2.24, 2.45) is 0 Å². The maximum atomic E-state index is 17.0. The van der Waals surface area contributed by atoms with Gasteiger partial charge in [-0.2, -0.15) is 9.97 Å². The molecular formula is C36H42ClFN6O5S. The van der Waals surface area contributed by atoms with Gasteiger partial charge in [0.1, 0.15) is 23.3 Å². The Bertz CT molecular complexity index is 1990. The molecule has 2 aliphatic rings. The molecule has 2 aliphatic heterocycles. The van der Waals surface area contributed by atoms with E-state index >= 15 is 4.39 Å². The molecule has 1 saturated heterocycles. The number of thiazole rings is 1. The first-order valence-corrected chi connectivity index (χ1v) is 17.9. The molecular weight excluding hydrogens is 683 g/mol. The second kappa shape index (κ2) is 13.9. The molecule has 50 heavy (non-hydrogen) atoms. The Labute approximate surface area is 299 Å². The van der Waals surface area contributed by atoms with E-state index < -0.39 is 29.2 Å². The highest BCUT2D eigenvalue weighted by molar-refractivity contribution is 7.22. The van der Waals surface area contributed by atoms with Crippen LogP contribution in [0.2, 0.25) is 5.02 Å². The predicted octanol–water partition coefficient (Wildman–Crippen LogP) is 8.54. The van der Waals surface area contributed by atoms with Crippen LogP contribution in [0.4, 0.5) is 19.1 Å². The van der Waals surface area contributed by atoms with Crippen molar-refractivity contribution in [2.45, 2.75) is 78.0 Å². The van der Waals surface area contributed by atoms with Crippen LogP contribution in [-0.2, 0) is 9.47 Å². The van der Waals surface area contributed by atoms with Crippen molar-refractivity contribution in [3.63, 3.8) is 0 Å². The van der Waals surface area contributed by atoms with Crippen LogP contribution in [0.1, 0.15) is 66.5 Å². The van der Waals surface area contributed by atoms with Gasteiger partial charge in [0.2, 0.25) is 0 Å². The van der Waals surface area contributed by atoms with E-state index in [1.165, 1.54) is 11.3 Å². The molecule has 1 atom stereocenters. The zero-order valence-electron chi connectivity index (χ0n) is 29.4. The smallest absolute Gasteiger partial charge is 0.413 e. The number of nitrogens with zero attached hydrogens (tertiary/aromatic N) is 5. The number of nitrogens with one attached hydrogen (secondary N) is 1. The van der Waals surface area contributed by atoms with Crippen molar-refractivity contribution < 1.29 is 28.2 Å². The minimum Gasteiger partial charge on any atom is -0.462 e. The Morgan fingerprint density at radius 1 is 1.06 bits per heavy atom. The summed E-state index contributed by atoms with van der Waals surface area (Å²) in [7, 11) is 2.05. The molecule has 4 heterocycles. The van der Waals surface area contributed by atoms with Crippen molar-refractivity contribution in [1.29, 1.82) is 0 Å². The van der Waals surface area contributed by atoms with Gasteiger partial charge < -0.3 is 24.0 Å². The van der Waals surface area contributed by atoms with E-state index in [2.05, 4.69) is 27.2 Å². The quantitative estimate of drug-likeness (QED) is 0.209. The van der Waals surface area contributed by atoms with E-state index in [0.29, 0.717) is 53.4 Å². The van der Waals surface area contributed by atoms with Gasteiger partial charge in [-0.15, -0.1) is 0 Å². The highest BCUT2D eigenvalue weighted by Crippen LogP contribution is 2.42. The summed E-state index contributed by atoms with van der Waals surface area (Å²) in [6.07, 6.45) is 3.38. The van der Waals surface area contributed by atoms with E-state index in [1.807, 2.05) is 32.9 Å². The van der Waals surface area contributed by atoms with Gasteiger partial charge in [0.15, 0.2) is 10.9 Å². The fourth-order valence-corrected chi connectivity index (χ4v) is 7.24. The summed E-state index contributed by atoms with van der Waals surface area (Å²) in [5, 5.41) is 3.56. The van der Waals surface area contributed by atoms with Crippen molar-refractivity contribution in [1.82, 2.24) is 24.8 Å². The summed E-state index contributed by atoms with van der Waals surface area (Å²) in [6.45, 7) is 12.8. The molecule has 2 aromatic carbocycles. The maximum absolute atomic E-state index is 17.0. The number of benzene rings is 2. The fraction of sp³-hybridized carbons (Fsp3) is 0.472. The highest BCUT2D eigenvalue weighted by Gasteiger charge is 2.28. The third-order valence-electron chi connectivity index (χ3n) is 8.40. The van der Waals surface area contributed by atoms with E-state index in [4.69, 9.17) is 30.8 Å². The van der Waals surface area contributed by atoms with Crippen LogP contribution < -0.4 is 10.1 Å². The number of rotatable bonds is 6. The summed E-state index contributed by atoms with van der Waals surface area (Å²) in [4.78, 5) is 43.1. The average molecular weight is 725 g/mol. The van der Waals surface area contributed by atoms with Crippen molar-refractivity contribution in [3.05, 3.63) is 46.9 Å². The van der Waals surface area contributed by atoms with Crippen LogP contribution in [0, 0.1) is 5.82 Å². The Kier molecular flexibility index (Phi) is 9.95. The van der Waals surface area contributed by atoms with Gasteiger partial charge in [-0.3, -0.25) is 5.32 Å². The first-order valence-electron chi connectivity index (χ1n) is 16.7. The first-order chi connectivity index (χ1) is 23.6. The van der Waals surface area contributed by atoms with Gasteiger partial charge in [0.05, 0.1) is 20.9 Å². The zero-order chi connectivity index (χ0) is 36.0. The van der Waals surface area contributed by atoms with Crippen molar-refractivity contribution >= 4 is 66.9 Å². The number of ether oxygens (including phenoxy) is 3. The van der Waals surface area contributed by atoms with Gasteiger partial charge >= 0.3 is 18.2 Å². The lowest BCUT2D eigenvalue weighted by Crippen LogP contribution is -2.39. The molecule has 14 heteroatoms. The van der Waals surface area contributed by atoms with Gasteiger partial charge in [-0.1, -0.05) is 41.1 Å². The van der Waals surface area contributed by atoms with Gasteiger partial charge in [0, 0.05) is 35.6 Å². The number of hydrogen-bond acceptors (Lipinski definition) is 10. The highest BCUT2D eigenvalue weighted by atomic mass is 35.5. The number of halogens is 2. The SMILES string of the molecule is CN1CCC[C@H]1COc1nc(C2=CCN(C(=O)OC(C)(C)C)CC2)c2cc(Cl)c(-c3cccc4sc(NC(=O)OC(C)(C)C)nc34)c(F)c2n1. The van der Waals surface area contributed by atoms with Gasteiger partial charge in [-0.25, -0.2) is 19.0 Å². The summed E-state index contributed by atoms with van der Waals surface area (Å²) in [5.41, 5.74) is 1.11. The minimum atomic E-state index is -0.685. The summed E-state index contributed by atoms with van der Waals surface area (Å²) in [5.74, 6) is -0.645. The molecule has 0 unspecified atom stereocenters. The average Bonchev–Trinajstić information content (AvgIpc) is 3.63. The number of likely N-dealkylation sites (N-methyl/N-ethyl adjacent to an activating group) is 1. The molecule has 2 amide bonds. The lowest BCUT2D eigenvalue weighted by Gasteiger charge is -2.29. The molecule has 4 aromatic rings. The fourth-order valence-electron chi connectivity index (χ4n) is 6.06. The summed E-state index contributed by atoms with van der Waals surface area (Å²) >= 11 is 8.15. The second-order valence-corrected chi connectivity index (χ2v) is 16.0. The van der Waals surface area contributed by atoms with Crippen LogP contribution in [0.3, 0.4) is 0 Å².